The number of hydrogen-bond donors (Lipinski definition) is 1. The number of para-hydroxylation sites is 1. The zero-order chi connectivity index (χ0) is 13.3. The molecule has 0 aliphatic carbocycles. The largest absolute Gasteiger partial charge is 0.401 e. The highest BCUT2D eigenvalue weighted by Gasteiger charge is 2.26. The fraction of sp³-hybridized carbons (Fsp3) is 0.364. The lowest BCUT2D eigenvalue weighted by Crippen LogP contribution is -2.29. The van der Waals surface area contributed by atoms with Crippen LogP contribution in [0.5, 0.6) is 0 Å². The molecule has 0 saturated heterocycles. The van der Waals surface area contributed by atoms with Gasteiger partial charge in [0.05, 0.1) is 18.6 Å². The van der Waals surface area contributed by atoms with Gasteiger partial charge in [0.2, 0.25) is 0 Å². The van der Waals surface area contributed by atoms with E-state index in [9.17, 15) is 17.6 Å². The highest BCUT2D eigenvalue weighted by Crippen LogP contribution is 2.18. The van der Waals surface area contributed by atoms with Gasteiger partial charge in [0.15, 0.2) is 5.82 Å². The highest BCUT2D eigenvalue weighted by atomic mass is 19.4. The predicted octanol–water partition coefficient (Wildman–Crippen LogP) is 2.36. The van der Waals surface area contributed by atoms with Crippen molar-refractivity contribution in [3.63, 3.8) is 0 Å². The Labute approximate surface area is 100 Å². The molecule has 0 saturated carbocycles. The van der Waals surface area contributed by atoms with Crippen molar-refractivity contribution in [2.24, 2.45) is 7.05 Å². The first-order chi connectivity index (χ1) is 8.38. The van der Waals surface area contributed by atoms with Crippen LogP contribution in [0.15, 0.2) is 18.2 Å². The highest BCUT2D eigenvalue weighted by molar-refractivity contribution is 5.76. The molecule has 3 nitrogen and oxygen atoms in total. The van der Waals surface area contributed by atoms with Crippen molar-refractivity contribution in [1.82, 2.24) is 14.9 Å². The number of rotatable bonds is 3. The van der Waals surface area contributed by atoms with Gasteiger partial charge < -0.3 is 9.88 Å². The average molecular weight is 261 g/mol. The van der Waals surface area contributed by atoms with Gasteiger partial charge in [-0.15, -0.1) is 0 Å². The molecular formula is C11H11F4N3. The summed E-state index contributed by atoms with van der Waals surface area (Å²) in [6.07, 6.45) is -4.27. The molecule has 0 aliphatic rings. The van der Waals surface area contributed by atoms with Crippen LogP contribution in [0.25, 0.3) is 11.0 Å². The minimum absolute atomic E-state index is 0.0653. The Hall–Kier alpha value is -1.63. The van der Waals surface area contributed by atoms with Crippen LogP contribution in [0.2, 0.25) is 0 Å². The molecule has 0 bridgehead atoms. The first-order valence-electron chi connectivity index (χ1n) is 5.26. The van der Waals surface area contributed by atoms with Crippen LogP contribution in [0.3, 0.4) is 0 Å². The van der Waals surface area contributed by atoms with Crippen LogP contribution in [-0.2, 0) is 13.6 Å². The van der Waals surface area contributed by atoms with Gasteiger partial charge in [-0.3, -0.25) is 0 Å². The van der Waals surface area contributed by atoms with E-state index >= 15 is 0 Å². The topological polar surface area (TPSA) is 29.9 Å². The third-order valence-corrected chi connectivity index (χ3v) is 2.56. The number of aryl methyl sites for hydroxylation is 1. The number of halogens is 4. The minimum atomic E-state index is -4.27. The Morgan fingerprint density at radius 3 is 2.67 bits per heavy atom. The van der Waals surface area contributed by atoms with Gasteiger partial charge in [0.1, 0.15) is 11.3 Å². The summed E-state index contributed by atoms with van der Waals surface area (Å²) in [6.45, 7) is -1.16. The predicted molar refractivity (Wildman–Crippen MR) is 58.4 cm³/mol. The second-order valence-electron chi connectivity index (χ2n) is 3.91. The monoisotopic (exact) mass is 261 g/mol. The molecule has 0 spiro atoms. The molecule has 0 aliphatic heterocycles. The number of aromatic nitrogens is 2. The molecular weight excluding hydrogens is 250 g/mol. The van der Waals surface area contributed by atoms with E-state index in [2.05, 4.69) is 10.3 Å². The summed E-state index contributed by atoms with van der Waals surface area (Å²) in [5.41, 5.74) is 0.725. The number of fused-ring (bicyclic) bond motifs is 1. The maximum absolute atomic E-state index is 13.4. The van der Waals surface area contributed by atoms with Crippen molar-refractivity contribution in [1.29, 1.82) is 0 Å². The van der Waals surface area contributed by atoms with Crippen molar-refractivity contribution in [2.75, 3.05) is 6.54 Å². The third kappa shape index (κ3) is 2.61. The molecule has 18 heavy (non-hydrogen) atoms. The molecule has 0 amide bonds. The van der Waals surface area contributed by atoms with Crippen molar-refractivity contribution in [3.8, 4) is 0 Å². The normalized spacial score (nSPS) is 12.3. The van der Waals surface area contributed by atoms with E-state index in [0.29, 0.717) is 11.3 Å². The van der Waals surface area contributed by atoms with Gasteiger partial charge in [0.25, 0.3) is 0 Å². The number of imidazole rings is 1. The summed E-state index contributed by atoms with van der Waals surface area (Å²) in [4.78, 5) is 3.99. The standard InChI is InChI=1S/C11H11F4N3/c1-18-8-4-2-3-7(12)10(8)17-9(18)5-16-6-11(13,14)15/h2-4,16H,5-6H2,1H3. The summed E-state index contributed by atoms with van der Waals surface area (Å²) in [7, 11) is 1.64. The van der Waals surface area contributed by atoms with Gasteiger partial charge >= 0.3 is 6.18 Å². The summed E-state index contributed by atoms with van der Waals surface area (Å²) in [5, 5.41) is 2.23. The quantitative estimate of drug-likeness (QED) is 0.860. The Bertz CT molecular complexity index is 559. The number of nitrogens with one attached hydrogen (secondary N) is 1. The third-order valence-electron chi connectivity index (χ3n) is 2.56. The first kappa shape index (κ1) is 12.8. The summed E-state index contributed by atoms with van der Waals surface area (Å²) in [5.74, 6) is -0.121. The SMILES string of the molecule is Cn1c(CNCC(F)(F)F)nc2c(F)cccc21. The zero-order valence-corrected chi connectivity index (χ0v) is 9.55. The molecule has 1 heterocycles. The van der Waals surface area contributed by atoms with Crippen LogP contribution in [0, 0.1) is 5.82 Å². The molecule has 0 fully saturated rings. The number of hydrogen-bond acceptors (Lipinski definition) is 2. The van der Waals surface area contributed by atoms with E-state index in [0.717, 1.165) is 0 Å². The summed E-state index contributed by atoms with van der Waals surface area (Å²) in [6, 6.07) is 4.47. The fourth-order valence-corrected chi connectivity index (χ4v) is 1.70. The number of alkyl halides is 3. The van der Waals surface area contributed by atoms with E-state index in [4.69, 9.17) is 0 Å². The lowest BCUT2D eigenvalue weighted by atomic mass is 10.3. The molecule has 2 rings (SSSR count). The van der Waals surface area contributed by atoms with Crippen molar-refractivity contribution < 1.29 is 17.6 Å². The van der Waals surface area contributed by atoms with E-state index in [-0.39, 0.29) is 12.1 Å². The molecule has 1 aromatic heterocycles. The zero-order valence-electron chi connectivity index (χ0n) is 9.55. The van der Waals surface area contributed by atoms with Crippen molar-refractivity contribution in [3.05, 3.63) is 29.8 Å². The second kappa shape index (κ2) is 4.56. The fourth-order valence-electron chi connectivity index (χ4n) is 1.70. The molecule has 1 N–H and O–H groups in total. The molecule has 7 heteroatoms. The van der Waals surface area contributed by atoms with Crippen LogP contribution < -0.4 is 5.32 Å². The Morgan fingerprint density at radius 1 is 1.33 bits per heavy atom. The number of benzene rings is 1. The lowest BCUT2D eigenvalue weighted by molar-refractivity contribution is -0.125. The molecule has 1 aromatic carbocycles. The average Bonchev–Trinajstić information content (AvgIpc) is 2.57. The second-order valence-corrected chi connectivity index (χ2v) is 3.91. The molecule has 98 valence electrons. The minimum Gasteiger partial charge on any atom is -0.330 e. The summed E-state index contributed by atoms with van der Waals surface area (Å²) >= 11 is 0. The Morgan fingerprint density at radius 2 is 2.06 bits per heavy atom. The molecule has 0 radical (unpaired) electrons. The maximum Gasteiger partial charge on any atom is 0.401 e. The van der Waals surface area contributed by atoms with E-state index in [1.807, 2.05) is 0 Å². The molecule has 2 aromatic rings. The lowest BCUT2D eigenvalue weighted by Gasteiger charge is -2.07. The van der Waals surface area contributed by atoms with Gasteiger partial charge in [-0.05, 0) is 12.1 Å². The van der Waals surface area contributed by atoms with Gasteiger partial charge in [-0.2, -0.15) is 13.2 Å². The molecule has 0 unspecified atom stereocenters. The van der Waals surface area contributed by atoms with Crippen molar-refractivity contribution >= 4 is 11.0 Å². The maximum atomic E-state index is 13.4. The van der Waals surface area contributed by atoms with E-state index < -0.39 is 18.5 Å². The number of nitrogens with zero attached hydrogens (tertiary/aromatic N) is 2. The smallest absolute Gasteiger partial charge is 0.330 e. The van der Waals surface area contributed by atoms with Gasteiger partial charge in [-0.25, -0.2) is 9.37 Å². The van der Waals surface area contributed by atoms with Crippen LogP contribution >= 0.6 is 0 Å². The van der Waals surface area contributed by atoms with E-state index in [1.165, 1.54) is 12.1 Å². The van der Waals surface area contributed by atoms with Crippen LogP contribution in [0.1, 0.15) is 5.82 Å². The van der Waals surface area contributed by atoms with E-state index in [1.54, 1.807) is 17.7 Å². The van der Waals surface area contributed by atoms with Gasteiger partial charge in [-0.1, -0.05) is 6.07 Å². The Balaban J connectivity index is 2.19. The first-order valence-corrected chi connectivity index (χ1v) is 5.26. The summed E-state index contributed by atoms with van der Waals surface area (Å²) < 4.78 is 50.9. The van der Waals surface area contributed by atoms with Crippen LogP contribution in [-0.4, -0.2) is 22.3 Å². The molecule has 0 atom stereocenters. The van der Waals surface area contributed by atoms with Crippen molar-refractivity contribution in [2.45, 2.75) is 12.7 Å². The Kier molecular flexibility index (Phi) is 3.25. The van der Waals surface area contributed by atoms with Gasteiger partial charge in [0, 0.05) is 7.05 Å². The van der Waals surface area contributed by atoms with Crippen LogP contribution in [0.4, 0.5) is 17.6 Å².